The monoisotopic (exact) mass is 622 g/mol. The van der Waals surface area contributed by atoms with Crippen molar-refractivity contribution >= 4 is 31.5 Å². The zero-order valence-corrected chi connectivity index (χ0v) is 21.0. The van der Waals surface area contributed by atoms with Gasteiger partial charge in [0.15, 0.2) is 0 Å². The topological polar surface area (TPSA) is 38.7 Å². The molecule has 3 nitrogen and oxygen atoms in total. The third-order valence-electron chi connectivity index (χ3n) is 4.99. The molecule has 0 aliphatic carbocycles. The van der Waals surface area contributed by atoms with E-state index in [-0.39, 0.29) is 20.1 Å². The van der Waals surface area contributed by atoms with E-state index in [4.69, 9.17) is 0 Å². The molecule has 5 heteroatoms. The van der Waals surface area contributed by atoms with Crippen molar-refractivity contribution in [3.8, 4) is 22.6 Å². The van der Waals surface area contributed by atoms with Crippen LogP contribution in [0.2, 0.25) is 0 Å². The zero-order chi connectivity index (χ0) is 21.8. The summed E-state index contributed by atoms with van der Waals surface area (Å²) in [4.78, 5) is 13.3. The van der Waals surface area contributed by atoms with Gasteiger partial charge in [0, 0.05) is 52.7 Å². The van der Waals surface area contributed by atoms with Crippen molar-refractivity contribution in [2.45, 2.75) is 6.92 Å². The number of hydrogen-bond donors (Lipinski definition) is 0. The Kier molecular flexibility index (Phi) is 7.36. The van der Waals surface area contributed by atoms with Gasteiger partial charge in [-0.05, 0) is 41.8 Å². The summed E-state index contributed by atoms with van der Waals surface area (Å²) in [6.45, 7) is 1.98. The quantitative estimate of drug-likeness (QED) is 0.193. The summed E-state index contributed by atoms with van der Waals surface area (Å²) in [7, 11) is 0. The number of hydrogen-bond acceptors (Lipinski definition) is 4. The molecule has 0 saturated carbocycles. The second-order valence-corrected chi connectivity index (χ2v) is 8.32. The molecule has 0 amide bonds. The molecule has 0 saturated heterocycles. The predicted molar refractivity (Wildman–Crippen MR) is 132 cm³/mol. The van der Waals surface area contributed by atoms with E-state index in [0.29, 0.717) is 0 Å². The van der Waals surface area contributed by atoms with Gasteiger partial charge in [-0.3, -0.25) is 4.98 Å². The molecule has 0 atom stereocenters. The predicted octanol–water partition coefficient (Wildman–Crippen LogP) is 7.17. The van der Waals surface area contributed by atoms with Crippen LogP contribution >= 0.6 is 11.3 Å². The van der Waals surface area contributed by atoms with E-state index in [1.807, 2.05) is 67.7 Å². The number of nitrogens with zero attached hydrogens (tertiary/aromatic N) is 3. The first kappa shape index (κ1) is 22.9. The van der Waals surface area contributed by atoms with E-state index >= 15 is 0 Å². The maximum atomic E-state index is 4.55. The Labute approximate surface area is 210 Å². The van der Waals surface area contributed by atoms with Gasteiger partial charge in [-0.25, -0.2) is 0 Å². The summed E-state index contributed by atoms with van der Waals surface area (Å²) in [5, 5.41) is 2.48. The molecule has 1 radical (unpaired) electrons. The molecule has 0 fully saturated rings. The minimum atomic E-state index is 0. The van der Waals surface area contributed by atoms with Crippen LogP contribution in [-0.2, 0) is 20.1 Å². The SMILES string of the molecule is Cc1cc[c-]c(-c2cc3sc4ccccc4c3cn2)n1.[Ir].[c-]1ccccc1-c1ccccn1. The number of benzene rings is 2. The molecule has 0 N–H and O–H groups in total. The van der Waals surface area contributed by atoms with Crippen molar-refractivity contribution in [3.63, 3.8) is 0 Å². The standard InChI is InChI=1S/C17H11N2S.C11H8N.Ir/c1-11-5-4-7-14(19-11)15-9-17-13(10-18-15)12-6-2-3-8-16(12)20-17;1-2-6-10(7-3-1)11-8-4-5-9-12-11;/h2-6,8-10H,1H3;1-6,8-9H;/q2*-1;. The van der Waals surface area contributed by atoms with Crippen molar-refractivity contribution in [1.29, 1.82) is 0 Å². The Morgan fingerprint density at radius 1 is 0.727 bits per heavy atom. The second kappa shape index (κ2) is 10.6. The second-order valence-electron chi connectivity index (χ2n) is 7.23. The van der Waals surface area contributed by atoms with Crippen molar-refractivity contribution in [2.75, 3.05) is 0 Å². The van der Waals surface area contributed by atoms with Crippen LogP contribution in [0.1, 0.15) is 5.69 Å². The van der Waals surface area contributed by atoms with Crippen LogP contribution in [0.4, 0.5) is 0 Å². The molecule has 4 aromatic heterocycles. The third kappa shape index (κ3) is 5.23. The molecule has 0 spiro atoms. The van der Waals surface area contributed by atoms with E-state index < -0.39 is 0 Å². The molecule has 163 valence electrons. The first-order chi connectivity index (χ1) is 15.8. The fourth-order valence-electron chi connectivity index (χ4n) is 3.44. The third-order valence-corrected chi connectivity index (χ3v) is 6.12. The summed E-state index contributed by atoms with van der Waals surface area (Å²) >= 11 is 1.79. The summed E-state index contributed by atoms with van der Waals surface area (Å²) in [5.74, 6) is 0. The van der Waals surface area contributed by atoms with E-state index in [1.54, 1.807) is 17.5 Å². The maximum Gasteiger partial charge on any atom is 0.0355 e. The molecule has 0 aliphatic rings. The number of thiophene rings is 1. The average Bonchev–Trinajstić information content (AvgIpc) is 3.23. The van der Waals surface area contributed by atoms with Gasteiger partial charge >= 0.3 is 0 Å². The van der Waals surface area contributed by atoms with Gasteiger partial charge in [-0.1, -0.05) is 36.4 Å². The number of pyridine rings is 3. The molecule has 6 rings (SSSR count). The van der Waals surface area contributed by atoms with Gasteiger partial charge in [0.05, 0.1) is 0 Å². The van der Waals surface area contributed by atoms with Crippen LogP contribution in [-0.4, -0.2) is 15.0 Å². The van der Waals surface area contributed by atoms with E-state index in [9.17, 15) is 0 Å². The van der Waals surface area contributed by atoms with Gasteiger partial charge in [0.25, 0.3) is 0 Å². The maximum absolute atomic E-state index is 4.55. The minimum absolute atomic E-state index is 0. The minimum Gasteiger partial charge on any atom is -0.317 e. The summed E-state index contributed by atoms with van der Waals surface area (Å²) in [6.07, 6.45) is 3.73. The van der Waals surface area contributed by atoms with Crippen molar-refractivity contribution in [2.24, 2.45) is 0 Å². The number of aromatic nitrogens is 3. The summed E-state index contributed by atoms with van der Waals surface area (Å²) in [5.41, 5.74) is 4.69. The molecule has 4 heterocycles. The number of aryl methyl sites for hydroxylation is 1. The molecule has 6 aromatic rings. The van der Waals surface area contributed by atoms with Crippen molar-refractivity contribution < 1.29 is 20.1 Å². The fourth-order valence-corrected chi connectivity index (χ4v) is 4.56. The number of rotatable bonds is 2. The Morgan fingerprint density at radius 3 is 2.36 bits per heavy atom. The van der Waals surface area contributed by atoms with E-state index in [1.165, 1.54) is 20.2 Å². The number of fused-ring (bicyclic) bond motifs is 3. The van der Waals surface area contributed by atoms with Crippen LogP contribution in [0.25, 0.3) is 42.8 Å². The molecule has 33 heavy (non-hydrogen) atoms. The van der Waals surface area contributed by atoms with Crippen molar-refractivity contribution in [1.82, 2.24) is 15.0 Å². The van der Waals surface area contributed by atoms with Crippen LogP contribution in [0.3, 0.4) is 0 Å². The molecule has 2 aromatic carbocycles. The van der Waals surface area contributed by atoms with Crippen LogP contribution in [0.5, 0.6) is 0 Å². The van der Waals surface area contributed by atoms with Gasteiger partial charge in [0.1, 0.15) is 0 Å². The molecule has 0 aliphatic heterocycles. The fraction of sp³-hybridized carbons (Fsp3) is 0.0357. The Morgan fingerprint density at radius 2 is 1.58 bits per heavy atom. The average molecular weight is 622 g/mol. The Balaban J connectivity index is 0.000000172. The van der Waals surface area contributed by atoms with Gasteiger partial charge in [-0.2, -0.15) is 12.1 Å². The van der Waals surface area contributed by atoms with Gasteiger partial charge in [0.2, 0.25) is 0 Å². The smallest absolute Gasteiger partial charge is 0.0355 e. The Hall–Kier alpha value is -3.24. The summed E-state index contributed by atoms with van der Waals surface area (Å²) < 4.78 is 2.54. The van der Waals surface area contributed by atoms with E-state index in [2.05, 4.69) is 57.4 Å². The Bertz CT molecular complexity index is 1440. The zero-order valence-electron chi connectivity index (χ0n) is 17.8. The summed E-state index contributed by atoms with van der Waals surface area (Å²) in [6, 6.07) is 34.4. The molecule has 0 bridgehead atoms. The largest absolute Gasteiger partial charge is 0.317 e. The van der Waals surface area contributed by atoms with Gasteiger partial charge < -0.3 is 9.97 Å². The van der Waals surface area contributed by atoms with Crippen LogP contribution in [0.15, 0.2) is 97.3 Å². The van der Waals surface area contributed by atoms with Crippen LogP contribution < -0.4 is 0 Å². The van der Waals surface area contributed by atoms with Crippen LogP contribution in [0, 0.1) is 19.1 Å². The molecular formula is C28H19IrN3S-2. The van der Waals surface area contributed by atoms with E-state index in [0.717, 1.165) is 28.3 Å². The molecule has 0 unspecified atom stereocenters. The van der Waals surface area contributed by atoms with Crippen molar-refractivity contribution in [3.05, 3.63) is 115 Å². The normalized spacial score (nSPS) is 10.3. The first-order valence-corrected chi connectivity index (χ1v) is 11.1. The first-order valence-electron chi connectivity index (χ1n) is 10.3. The molecular weight excluding hydrogens is 603 g/mol. The van der Waals surface area contributed by atoms with Gasteiger partial charge in [-0.15, -0.1) is 53.3 Å².